The zero-order valence-electron chi connectivity index (χ0n) is 11.3. The first-order valence-corrected chi connectivity index (χ1v) is 6.92. The van der Waals surface area contributed by atoms with E-state index in [1.54, 1.807) is 30.1 Å². The molecule has 0 heterocycles. The van der Waals surface area contributed by atoms with Crippen molar-refractivity contribution in [2.75, 3.05) is 17.7 Å². The number of nitrogens with zero attached hydrogens (tertiary/aromatic N) is 1. The van der Waals surface area contributed by atoms with Crippen LogP contribution in [0.3, 0.4) is 0 Å². The van der Waals surface area contributed by atoms with Crippen LogP contribution in [0.5, 0.6) is 0 Å². The van der Waals surface area contributed by atoms with E-state index in [1.807, 2.05) is 12.1 Å². The fourth-order valence-corrected chi connectivity index (χ4v) is 2.61. The van der Waals surface area contributed by atoms with E-state index in [1.165, 1.54) is 6.07 Å². The van der Waals surface area contributed by atoms with Crippen molar-refractivity contribution < 1.29 is 9.90 Å². The van der Waals surface area contributed by atoms with Crippen LogP contribution in [0.1, 0.15) is 15.9 Å². The molecule has 0 aliphatic rings. The van der Waals surface area contributed by atoms with Gasteiger partial charge < -0.3 is 15.7 Å². The molecule has 0 aliphatic carbocycles. The Bertz CT molecular complexity index is 672. The van der Waals surface area contributed by atoms with Gasteiger partial charge in [0.1, 0.15) is 0 Å². The number of carboxylic acid groups (broad SMARTS) is 1. The third-order valence-corrected chi connectivity index (χ3v) is 3.57. The Morgan fingerprint density at radius 1 is 1.24 bits per heavy atom. The van der Waals surface area contributed by atoms with Gasteiger partial charge >= 0.3 is 5.97 Å². The highest BCUT2D eigenvalue weighted by Gasteiger charge is 2.18. The second-order valence-corrected chi connectivity index (χ2v) is 5.53. The van der Waals surface area contributed by atoms with Crippen LogP contribution < -0.4 is 10.6 Å². The number of anilines is 2. The molecule has 21 heavy (non-hydrogen) atoms. The van der Waals surface area contributed by atoms with Gasteiger partial charge in [-0.2, -0.15) is 0 Å². The van der Waals surface area contributed by atoms with E-state index in [-0.39, 0.29) is 5.56 Å². The quantitative estimate of drug-likeness (QED) is 0.837. The molecule has 0 unspecified atom stereocenters. The molecule has 0 amide bonds. The van der Waals surface area contributed by atoms with Crippen molar-refractivity contribution in [3.8, 4) is 0 Å². The van der Waals surface area contributed by atoms with E-state index < -0.39 is 5.97 Å². The Morgan fingerprint density at radius 2 is 1.86 bits per heavy atom. The van der Waals surface area contributed by atoms with Crippen molar-refractivity contribution in [2.24, 2.45) is 0 Å². The molecule has 0 aromatic heterocycles. The molecule has 0 saturated heterocycles. The van der Waals surface area contributed by atoms with Crippen LogP contribution in [0, 0.1) is 0 Å². The second kappa shape index (κ2) is 6.24. The predicted molar refractivity (Wildman–Crippen MR) is 86.4 cm³/mol. The summed E-state index contributed by atoms with van der Waals surface area (Å²) in [5.41, 5.74) is 7.49. The minimum absolute atomic E-state index is 0.0801. The summed E-state index contributed by atoms with van der Waals surface area (Å²) in [6.07, 6.45) is 0. The van der Waals surface area contributed by atoms with Gasteiger partial charge in [-0.25, -0.2) is 4.79 Å². The Balaban J connectivity index is 2.36. The lowest BCUT2D eigenvalue weighted by Gasteiger charge is -2.23. The van der Waals surface area contributed by atoms with Gasteiger partial charge in [0.25, 0.3) is 0 Å². The Kier molecular flexibility index (Phi) is 4.60. The average molecular weight is 325 g/mol. The first-order valence-electron chi connectivity index (χ1n) is 6.16. The molecule has 3 N–H and O–H groups in total. The minimum Gasteiger partial charge on any atom is -0.478 e. The summed E-state index contributed by atoms with van der Waals surface area (Å²) < 4.78 is 0. The number of carbonyl (C=O) groups is 1. The molecule has 2 rings (SSSR count). The number of benzene rings is 2. The third-order valence-electron chi connectivity index (χ3n) is 3.03. The summed E-state index contributed by atoms with van der Waals surface area (Å²) in [5, 5.41) is 10.3. The van der Waals surface area contributed by atoms with Gasteiger partial charge in [-0.15, -0.1) is 0 Å². The average Bonchev–Trinajstić information content (AvgIpc) is 2.40. The number of halogens is 2. The summed E-state index contributed by atoms with van der Waals surface area (Å²) in [5.74, 6) is -1.07. The van der Waals surface area contributed by atoms with Crippen LogP contribution >= 0.6 is 23.2 Å². The molecule has 4 nitrogen and oxygen atoms in total. The van der Waals surface area contributed by atoms with Crippen LogP contribution in [0.2, 0.25) is 10.0 Å². The maximum atomic E-state index is 11.4. The molecule has 0 bridgehead atoms. The number of aromatic carboxylic acids is 1. The Morgan fingerprint density at radius 3 is 2.43 bits per heavy atom. The van der Waals surface area contributed by atoms with Crippen molar-refractivity contribution in [3.63, 3.8) is 0 Å². The largest absolute Gasteiger partial charge is 0.478 e. The van der Waals surface area contributed by atoms with Crippen molar-refractivity contribution in [3.05, 3.63) is 57.6 Å². The summed E-state index contributed by atoms with van der Waals surface area (Å²) >= 11 is 12.0. The van der Waals surface area contributed by atoms with Crippen LogP contribution in [0.15, 0.2) is 36.4 Å². The molecule has 6 heteroatoms. The van der Waals surface area contributed by atoms with E-state index in [4.69, 9.17) is 28.9 Å². The summed E-state index contributed by atoms with van der Waals surface area (Å²) in [6.45, 7) is 0.501. The number of rotatable bonds is 4. The van der Waals surface area contributed by atoms with Crippen molar-refractivity contribution in [1.82, 2.24) is 0 Å². The molecular formula is C15H14Cl2N2O2. The van der Waals surface area contributed by atoms with Gasteiger partial charge in [-0.3, -0.25) is 0 Å². The standard InChI is InChI=1S/C15H14Cl2N2O2/c1-19(8-9-2-4-10(16)5-3-9)14-12(15(20)21)6-11(18)7-13(14)17/h2-7H,8,18H2,1H3,(H,20,21). The smallest absolute Gasteiger partial charge is 0.337 e. The Labute approximate surface area is 132 Å². The molecule has 0 aliphatic heterocycles. The fourth-order valence-electron chi connectivity index (χ4n) is 2.11. The number of hydrogen-bond acceptors (Lipinski definition) is 3. The zero-order valence-corrected chi connectivity index (χ0v) is 12.8. The number of nitrogen functional groups attached to an aromatic ring is 1. The molecule has 110 valence electrons. The van der Waals surface area contributed by atoms with E-state index in [2.05, 4.69) is 0 Å². The van der Waals surface area contributed by atoms with Crippen LogP contribution in [0.4, 0.5) is 11.4 Å². The molecule has 0 fully saturated rings. The molecule has 0 saturated carbocycles. The highest BCUT2D eigenvalue weighted by atomic mass is 35.5. The topological polar surface area (TPSA) is 66.6 Å². The number of carboxylic acids is 1. The molecular weight excluding hydrogens is 311 g/mol. The summed E-state index contributed by atoms with van der Waals surface area (Å²) in [4.78, 5) is 13.1. The van der Waals surface area contributed by atoms with E-state index >= 15 is 0 Å². The maximum Gasteiger partial charge on any atom is 0.337 e. The van der Waals surface area contributed by atoms with Gasteiger partial charge in [-0.1, -0.05) is 35.3 Å². The Hall–Kier alpha value is -1.91. The fraction of sp³-hybridized carbons (Fsp3) is 0.133. The van der Waals surface area contributed by atoms with Gasteiger partial charge in [-0.05, 0) is 29.8 Å². The lowest BCUT2D eigenvalue weighted by atomic mass is 10.1. The van der Waals surface area contributed by atoms with Gasteiger partial charge in [0.05, 0.1) is 16.3 Å². The molecule has 2 aromatic carbocycles. The second-order valence-electron chi connectivity index (χ2n) is 4.69. The maximum absolute atomic E-state index is 11.4. The van der Waals surface area contributed by atoms with Crippen molar-refractivity contribution in [2.45, 2.75) is 6.54 Å². The summed E-state index contributed by atoms with van der Waals surface area (Å²) in [6, 6.07) is 10.3. The number of hydrogen-bond donors (Lipinski definition) is 2. The van der Waals surface area contributed by atoms with Crippen LogP contribution in [-0.4, -0.2) is 18.1 Å². The minimum atomic E-state index is -1.07. The van der Waals surface area contributed by atoms with E-state index in [0.29, 0.717) is 28.0 Å². The SMILES string of the molecule is CN(Cc1ccc(Cl)cc1)c1c(Cl)cc(N)cc1C(=O)O. The number of nitrogens with two attached hydrogens (primary N) is 1. The highest BCUT2D eigenvalue weighted by Crippen LogP contribution is 2.32. The first kappa shape index (κ1) is 15.5. The molecule has 0 radical (unpaired) electrons. The van der Waals surface area contributed by atoms with E-state index in [0.717, 1.165) is 5.56 Å². The lowest BCUT2D eigenvalue weighted by molar-refractivity contribution is 0.0697. The van der Waals surface area contributed by atoms with E-state index in [9.17, 15) is 9.90 Å². The van der Waals surface area contributed by atoms with Gasteiger partial charge in [0, 0.05) is 24.3 Å². The van der Waals surface area contributed by atoms with Crippen LogP contribution in [0.25, 0.3) is 0 Å². The molecule has 0 spiro atoms. The molecule has 2 aromatic rings. The zero-order chi connectivity index (χ0) is 15.6. The first-order chi connectivity index (χ1) is 9.88. The van der Waals surface area contributed by atoms with Crippen molar-refractivity contribution >= 4 is 40.5 Å². The van der Waals surface area contributed by atoms with Gasteiger partial charge in [0.15, 0.2) is 0 Å². The lowest BCUT2D eigenvalue weighted by Crippen LogP contribution is -2.20. The van der Waals surface area contributed by atoms with Crippen LogP contribution in [-0.2, 0) is 6.54 Å². The predicted octanol–water partition coefficient (Wildman–Crippen LogP) is 3.91. The molecule has 0 atom stereocenters. The monoisotopic (exact) mass is 324 g/mol. The summed E-state index contributed by atoms with van der Waals surface area (Å²) in [7, 11) is 1.78. The normalized spacial score (nSPS) is 10.4. The third kappa shape index (κ3) is 3.60. The highest BCUT2D eigenvalue weighted by molar-refractivity contribution is 6.34. The van der Waals surface area contributed by atoms with Gasteiger partial charge in [0.2, 0.25) is 0 Å². The van der Waals surface area contributed by atoms with Crippen molar-refractivity contribution in [1.29, 1.82) is 0 Å².